The van der Waals surface area contributed by atoms with Crippen LogP contribution in [0.25, 0.3) is 5.70 Å². The zero-order chi connectivity index (χ0) is 17.5. The van der Waals surface area contributed by atoms with Crippen molar-refractivity contribution >= 4 is 11.7 Å². The highest BCUT2D eigenvalue weighted by molar-refractivity contribution is 5.69. The first kappa shape index (κ1) is 18.6. The van der Waals surface area contributed by atoms with Crippen molar-refractivity contribution in [1.82, 2.24) is 15.5 Å². The third kappa shape index (κ3) is 4.26. The third-order valence-corrected chi connectivity index (χ3v) is 3.38. The van der Waals surface area contributed by atoms with Gasteiger partial charge >= 0.3 is 5.97 Å². The third-order valence-electron chi connectivity index (χ3n) is 3.38. The average Bonchev–Trinajstić information content (AvgIpc) is 2.98. The maximum Gasteiger partial charge on any atom is 0.306 e. The summed E-state index contributed by atoms with van der Waals surface area (Å²) in [6, 6.07) is 0. The molecule has 1 atom stereocenters. The van der Waals surface area contributed by atoms with Gasteiger partial charge in [-0.3, -0.25) is 20.0 Å². The van der Waals surface area contributed by atoms with Gasteiger partial charge in [-0.2, -0.15) is 5.10 Å². The van der Waals surface area contributed by atoms with Crippen molar-refractivity contribution in [3.05, 3.63) is 45.8 Å². The molecule has 0 bridgehead atoms. The normalized spacial score (nSPS) is 18.9. The van der Waals surface area contributed by atoms with Crippen molar-refractivity contribution in [1.29, 1.82) is 0 Å². The number of nitrogens with one attached hydrogen (secondary N) is 2. The van der Waals surface area contributed by atoms with E-state index in [0.717, 1.165) is 0 Å². The number of carbonyl (C=O) groups is 1. The first-order valence-corrected chi connectivity index (χ1v) is 7.38. The molecule has 1 heterocycles. The number of hydrogen-bond acceptors (Lipinski definition) is 6. The Bertz CT molecular complexity index is 621. The molecule has 0 aromatic carbocycles. The lowest BCUT2D eigenvalue weighted by Crippen LogP contribution is -2.39. The van der Waals surface area contributed by atoms with E-state index in [1.54, 1.807) is 18.3 Å². The Balaban J connectivity index is 0.00000127. The van der Waals surface area contributed by atoms with Crippen LogP contribution < -0.4 is 5.32 Å². The number of aromatic amines is 1. The molecule has 1 unspecified atom stereocenters. The van der Waals surface area contributed by atoms with Gasteiger partial charge in [-0.25, -0.2) is 0 Å². The zero-order valence-electron chi connectivity index (χ0n) is 13.8. The van der Waals surface area contributed by atoms with E-state index in [1.165, 1.54) is 13.2 Å². The van der Waals surface area contributed by atoms with Crippen LogP contribution in [0.3, 0.4) is 0 Å². The maximum absolute atomic E-state index is 11.2. The minimum atomic E-state index is -0.662. The molecule has 1 aromatic rings. The molecule has 8 heteroatoms. The lowest BCUT2D eigenvalue weighted by atomic mass is 9.92. The number of fused-ring (bicyclic) bond motifs is 1. The largest absolute Gasteiger partial charge is 0.469 e. The van der Waals surface area contributed by atoms with Crippen LogP contribution in [0, 0.1) is 10.1 Å². The van der Waals surface area contributed by atoms with Crippen LogP contribution in [0.15, 0.2) is 24.4 Å². The predicted octanol–water partition coefficient (Wildman–Crippen LogP) is 1.99. The number of nitro groups is 1. The molecule has 0 radical (unpaired) electrons. The minimum absolute atomic E-state index is 0.0442. The number of esters is 1. The molecule has 0 saturated carbocycles. The number of carbonyl (C=O) groups excluding carboxylic acids is 1. The molecule has 8 nitrogen and oxygen atoms in total. The number of hydrogen-bond donors (Lipinski definition) is 2. The summed E-state index contributed by atoms with van der Waals surface area (Å²) in [5, 5.41) is 20.9. The number of aromatic nitrogens is 2. The Kier molecular flexibility index (Phi) is 6.65. The number of ether oxygens (including phenoxy) is 1. The fourth-order valence-electron chi connectivity index (χ4n) is 2.21. The highest BCUT2D eigenvalue weighted by atomic mass is 16.6. The van der Waals surface area contributed by atoms with Gasteiger partial charge < -0.3 is 10.1 Å². The molecule has 2 rings (SSSR count). The summed E-state index contributed by atoms with van der Waals surface area (Å²) in [7, 11) is 1.33. The summed E-state index contributed by atoms with van der Waals surface area (Å²) in [6.07, 6.45) is 6.60. The molecular weight excluding hydrogens is 300 g/mol. The number of H-pyrrole nitrogens is 1. The van der Waals surface area contributed by atoms with Crippen LogP contribution in [0.4, 0.5) is 0 Å². The van der Waals surface area contributed by atoms with Crippen molar-refractivity contribution in [2.24, 2.45) is 0 Å². The molecule has 0 amide bonds. The molecule has 1 aliphatic carbocycles. The molecule has 0 saturated heterocycles. The number of rotatable bonds is 5. The number of allylic oxidation sites excluding steroid dienone is 2. The van der Waals surface area contributed by atoms with E-state index >= 15 is 0 Å². The lowest BCUT2D eigenvalue weighted by molar-refractivity contribution is -0.375. The second-order valence-corrected chi connectivity index (χ2v) is 4.78. The summed E-state index contributed by atoms with van der Waals surface area (Å²) in [5.41, 5.74) is 0.310. The van der Waals surface area contributed by atoms with E-state index in [9.17, 15) is 14.9 Å². The summed E-state index contributed by atoms with van der Waals surface area (Å²) in [5.74, 6) is -0.319. The number of methoxy groups -OCH3 is 1. The highest BCUT2D eigenvalue weighted by Gasteiger charge is 2.33. The first-order chi connectivity index (χ1) is 11.0. The van der Waals surface area contributed by atoms with Gasteiger partial charge in [-0.1, -0.05) is 26.0 Å². The number of nitrogens with zero attached hydrogens (tertiary/aromatic N) is 2. The van der Waals surface area contributed by atoms with Gasteiger partial charge in [0.15, 0.2) is 0 Å². The standard InChI is InChI=1S/C13H16N4O4.C2H6/c1-13(14-7-5-11(18)21-2)6-3-4-10(17(19)20)12-9(13)8-15-16-12;1-2/h3-4,6,8,14H,5,7H2,1-2H3,(H,15,16);1-2H3. The van der Waals surface area contributed by atoms with E-state index < -0.39 is 10.5 Å². The van der Waals surface area contributed by atoms with Gasteiger partial charge in [0.1, 0.15) is 5.69 Å². The molecule has 0 spiro atoms. The topological polar surface area (TPSA) is 110 Å². The zero-order valence-corrected chi connectivity index (χ0v) is 13.8. The summed E-state index contributed by atoms with van der Waals surface area (Å²) in [4.78, 5) is 21.8. The van der Waals surface area contributed by atoms with E-state index in [0.29, 0.717) is 17.8 Å². The van der Waals surface area contributed by atoms with Gasteiger partial charge in [-0.15, -0.1) is 0 Å². The Morgan fingerprint density at radius 1 is 1.52 bits per heavy atom. The van der Waals surface area contributed by atoms with Crippen LogP contribution in [0.1, 0.15) is 38.4 Å². The van der Waals surface area contributed by atoms with Crippen LogP contribution in [0.2, 0.25) is 0 Å². The predicted molar refractivity (Wildman–Crippen MR) is 86.0 cm³/mol. The molecule has 0 fully saturated rings. The Labute approximate surface area is 134 Å². The van der Waals surface area contributed by atoms with Gasteiger partial charge in [0.05, 0.1) is 30.2 Å². The second-order valence-electron chi connectivity index (χ2n) is 4.78. The molecule has 1 aliphatic rings. The minimum Gasteiger partial charge on any atom is -0.469 e. The molecule has 0 aliphatic heterocycles. The van der Waals surface area contributed by atoms with Crippen LogP contribution in [0.5, 0.6) is 0 Å². The van der Waals surface area contributed by atoms with Crippen molar-refractivity contribution in [2.75, 3.05) is 13.7 Å². The fourth-order valence-corrected chi connectivity index (χ4v) is 2.21. The van der Waals surface area contributed by atoms with Gasteiger partial charge in [0.2, 0.25) is 0 Å². The average molecular weight is 322 g/mol. The second kappa shape index (κ2) is 8.23. The van der Waals surface area contributed by atoms with Crippen molar-refractivity contribution < 1.29 is 14.5 Å². The molecule has 23 heavy (non-hydrogen) atoms. The van der Waals surface area contributed by atoms with Crippen LogP contribution in [-0.2, 0) is 15.1 Å². The Morgan fingerprint density at radius 3 is 2.83 bits per heavy atom. The summed E-state index contributed by atoms with van der Waals surface area (Å²) >= 11 is 0. The SMILES string of the molecule is CC.COC(=O)CCNC1(C)C=CC=C([N+](=O)[O-])c2[nH]ncc21. The van der Waals surface area contributed by atoms with Crippen molar-refractivity contribution in [3.8, 4) is 0 Å². The van der Waals surface area contributed by atoms with Crippen molar-refractivity contribution in [3.63, 3.8) is 0 Å². The Morgan fingerprint density at radius 2 is 2.22 bits per heavy atom. The summed E-state index contributed by atoms with van der Waals surface area (Å²) < 4.78 is 4.59. The molecule has 1 aromatic heterocycles. The van der Waals surface area contributed by atoms with Gasteiger partial charge in [-0.05, 0) is 6.92 Å². The lowest BCUT2D eigenvalue weighted by Gasteiger charge is -2.26. The van der Waals surface area contributed by atoms with Crippen LogP contribution >= 0.6 is 0 Å². The van der Waals surface area contributed by atoms with Gasteiger partial charge in [0.25, 0.3) is 5.70 Å². The summed E-state index contributed by atoms with van der Waals surface area (Å²) in [6.45, 7) is 6.25. The Hall–Kier alpha value is -2.48. The molecule has 2 N–H and O–H groups in total. The van der Waals surface area contributed by atoms with E-state index in [4.69, 9.17) is 0 Å². The molecule has 126 valence electrons. The van der Waals surface area contributed by atoms with E-state index in [1.807, 2.05) is 20.8 Å². The monoisotopic (exact) mass is 322 g/mol. The van der Waals surface area contributed by atoms with Gasteiger partial charge in [0, 0.05) is 18.2 Å². The fraction of sp³-hybridized carbons (Fsp3) is 0.467. The molecular formula is C15H22N4O4. The van der Waals surface area contributed by atoms with E-state index in [-0.39, 0.29) is 18.1 Å². The van der Waals surface area contributed by atoms with E-state index in [2.05, 4.69) is 20.3 Å². The van der Waals surface area contributed by atoms with Crippen molar-refractivity contribution in [2.45, 2.75) is 32.7 Å². The highest BCUT2D eigenvalue weighted by Crippen LogP contribution is 2.31. The smallest absolute Gasteiger partial charge is 0.306 e. The quantitative estimate of drug-likeness (QED) is 0.487. The first-order valence-electron chi connectivity index (χ1n) is 7.38. The maximum atomic E-state index is 11.2. The van der Waals surface area contributed by atoms with Crippen LogP contribution in [-0.4, -0.2) is 34.7 Å².